The van der Waals surface area contributed by atoms with E-state index in [2.05, 4.69) is 89.8 Å². The lowest BCUT2D eigenvalue weighted by molar-refractivity contribution is -0.134. The van der Waals surface area contributed by atoms with Gasteiger partial charge in [-0.3, -0.25) is 24.6 Å². The Kier molecular flexibility index (Phi) is 9.16. The molecular formula is C33H40BrN7O3. The molecule has 0 aliphatic carbocycles. The maximum atomic E-state index is 12.3. The summed E-state index contributed by atoms with van der Waals surface area (Å²) in [6.07, 6.45) is 3.67. The number of hydrogen-bond donors (Lipinski definition) is 2. The van der Waals surface area contributed by atoms with Gasteiger partial charge in [-0.05, 0) is 70.6 Å². The zero-order chi connectivity index (χ0) is 30.8. The number of amides is 2. The number of imide groups is 1. The van der Waals surface area contributed by atoms with E-state index in [4.69, 9.17) is 0 Å². The van der Waals surface area contributed by atoms with Gasteiger partial charge in [-0.25, -0.2) is 4.68 Å². The third-order valence-electron chi connectivity index (χ3n) is 9.20. The molecule has 6 rings (SSSR count). The normalized spacial score (nSPS) is 23.4. The van der Waals surface area contributed by atoms with Gasteiger partial charge >= 0.3 is 0 Å². The number of anilines is 2. The number of piperazine rings is 1. The molecule has 3 aliphatic rings. The zero-order valence-corrected chi connectivity index (χ0v) is 26.9. The minimum Gasteiger partial charge on any atom is -0.379 e. The number of likely N-dealkylation sites (N-methyl/N-ethyl adjacent to an activating group) is 1. The first-order valence-electron chi connectivity index (χ1n) is 15.4. The number of nitrogens with one attached hydrogen (secondary N) is 2. The van der Waals surface area contributed by atoms with Crippen molar-refractivity contribution in [2.24, 2.45) is 7.05 Å². The van der Waals surface area contributed by atoms with Crippen LogP contribution in [-0.2, 0) is 23.2 Å². The molecule has 4 heterocycles. The minimum atomic E-state index is -0.242. The Labute approximate surface area is 266 Å². The van der Waals surface area contributed by atoms with Crippen molar-refractivity contribution >= 4 is 39.1 Å². The van der Waals surface area contributed by atoms with Gasteiger partial charge in [-0.2, -0.15) is 5.10 Å². The number of halogens is 1. The second-order valence-corrected chi connectivity index (χ2v) is 13.2. The molecule has 3 aliphatic heterocycles. The number of piperidine rings is 2. The summed E-state index contributed by atoms with van der Waals surface area (Å²) < 4.78 is 1.85. The van der Waals surface area contributed by atoms with Crippen molar-refractivity contribution in [3.63, 3.8) is 0 Å². The maximum absolute atomic E-state index is 12.3. The van der Waals surface area contributed by atoms with Crippen molar-refractivity contribution in [3.8, 4) is 0 Å². The summed E-state index contributed by atoms with van der Waals surface area (Å²) in [6.45, 7) is 6.74. The topological polar surface area (TPSA) is 103 Å². The molecule has 3 atom stereocenters. The van der Waals surface area contributed by atoms with Crippen LogP contribution in [0.2, 0.25) is 0 Å². The molecule has 3 fully saturated rings. The second-order valence-electron chi connectivity index (χ2n) is 12.4. The number of nitrogens with zero attached hydrogens (tertiary/aromatic N) is 5. The van der Waals surface area contributed by atoms with Crippen LogP contribution in [0.5, 0.6) is 0 Å². The molecule has 3 aromatic rings. The zero-order valence-electron chi connectivity index (χ0n) is 25.3. The van der Waals surface area contributed by atoms with Crippen molar-refractivity contribution in [2.75, 3.05) is 56.5 Å². The highest BCUT2D eigenvalue weighted by Crippen LogP contribution is 2.30. The first-order valence-corrected chi connectivity index (χ1v) is 16.2. The van der Waals surface area contributed by atoms with Gasteiger partial charge in [0.1, 0.15) is 4.47 Å². The average Bonchev–Trinajstić information content (AvgIpc) is 3.02. The average molecular weight is 663 g/mol. The Balaban J connectivity index is 1.00. The molecule has 2 aromatic carbocycles. The quantitative estimate of drug-likeness (QED) is 0.372. The largest absolute Gasteiger partial charge is 0.379 e. The Bertz CT molecular complexity index is 1550. The van der Waals surface area contributed by atoms with Crippen LogP contribution in [-0.4, -0.2) is 83.8 Å². The predicted octanol–water partition coefficient (Wildman–Crippen LogP) is 3.29. The number of aromatic nitrogens is 2. The van der Waals surface area contributed by atoms with Gasteiger partial charge in [0.15, 0.2) is 0 Å². The van der Waals surface area contributed by atoms with Crippen LogP contribution in [0.1, 0.15) is 47.8 Å². The number of rotatable bonds is 7. The second kappa shape index (κ2) is 13.2. The van der Waals surface area contributed by atoms with Crippen molar-refractivity contribution in [3.05, 3.63) is 86.2 Å². The van der Waals surface area contributed by atoms with Gasteiger partial charge in [0.2, 0.25) is 11.8 Å². The Morgan fingerprint density at radius 2 is 1.64 bits per heavy atom. The van der Waals surface area contributed by atoms with Crippen molar-refractivity contribution in [2.45, 2.75) is 43.7 Å². The summed E-state index contributed by atoms with van der Waals surface area (Å²) in [5.74, 6) is -0.204. The third kappa shape index (κ3) is 6.90. The van der Waals surface area contributed by atoms with Gasteiger partial charge in [0, 0.05) is 71.0 Å². The fourth-order valence-electron chi connectivity index (χ4n) is 6.74. The van der Waals surface area contributed by atoms with E-state index in [0.29, 0.717) is 23.2 Å². The molecule has 2 amide bonds. The third-order valence-corrected chi connectivity index (χ3v) is 9.97. The van der Waals surface area contributed by atoms with Crippen LogP contribution in [0, 0.1) is 0 Å². The molecule has 3 unspecified atom stereocenters. The van der Waals surface area contributed by atoms with Crippen LogP contribution in [0.4, 0.5) is 11.4 Å². The first-order chi connectivity index (χ1) is 21.2. The molecule has 232 valence electrons. The van der Waals surface area contributed by atoms with E-state index in [0.717, 1.165) is 63.5 Å². The molecule has 0 saturated carbocycles. The van der Waals surface area contributed by atoms with Crippen LogP contribution < -0.4 is 21.1 Å². The molecule has 44 heavy (non-hydrogen) atoms. The van der Waals surface area contributed by atoms with Crippen molar-refractivity contribution in [1.82, 2.24) is 24.9 Å². The standard InChI is InChI=1S/C33H40BrN7O3/c1-38-20-25(17-26(21-38)36-29-18-35-39(2)33(44)31(29)34)23-5-3-22(4-6-23)19-40-13-15-41(16-14-40)27-9-7-24(8-10-27)28-11-12-30(42)37-32(28)43/h3-10,18,25-26,28,36H,11-17,19-21H2,1-2H3,(H,37,42,43). The van der Waals surface area contributed by atoms with Gasteiger partial charge in [0.05, 0.1) is 17.8 Å². The maximum Gasteiger partial charge on any atom is 0.282 e. The fraction of sp³-hybridized carbons (Fsp3) is 0.455. The summed E-state index contributed by atoms with van der Waals surface area (Å²) in [4.78, 5) is 43.3. The van der Waals surface area contributed by atoms with E-state index in [-0.39, 0.29) is 29.3 Å². The lowest BCUT2D eigenvalue weighted by Gasteiger charge is -2.37. The minimum absolute atomic E-state index is 0.145. The van der Waals surface area contributed by atoms with E-state index in [1.54, 1.807) is 13.2 Å². The van der Waals surface area contributed by atoms with Crippen molar-refractivity contribution < 1.29 is 9.59 Å². The van der Waals surface area contributed by atoms with E-state index in [1.807, 2.05) is 12.1 Å². The molecular weight excluding hydrogens is 622 g/mol. The Morgan fingerprint density at radius 1 is 0.932 bits per heavy atom. The lowest BCUT2D eigenvalue weighted by atomic mass is 9.87. The number of carbonyl (C=O) groups excluding carboxylic acids is 2. The van der Waals surface area contributed by atoms with Crippen LogP contribution in [0.15, 0.2) is 64.0 Å². The Morgan fingerprint density at radius 3 is 2.34 bits per heavy atom. The molecule has 2 N–H and O–H groups in total. The molecule has 3 saturated heterocycles. The number of carbonyl (C=O) groups is 2. The van der Waals surface area contributed by atoms with E-state index in [9.17, 15) is 14.4 Å². The summed E-state index contributed by atoms with van der Waals surface area (Å²) in [5, 5.41) is 10.2. The number of hydrogen-bond acceptors (Lipinski definition) is 8. The van der Waals surface area contributed by atoms with Crippen LogP contribution in [0.3, 0.4) is 0 Å². The van der Waals surface area contributed by atoms with Gasteiger partial charge in [0.25, 0.3) is 5.56 Å². The van der Waals surface area contributed by atoms with Crippen LogP contribution >= 0.6 is 15.9 Å². The predicted molar refractivity (Wildman–Crippen MR) is 175 cm³/mol. The highest BCUT2D eigenvalue weighted by atomic mass is 79.9. The van der Waals surface area contributed by atoms with E-state index >= 15 is 0 Å². The molecule has 0 spiro atoms. The molecule has 11 heteroatoms. The highest BCUT2D eigenvalue weighted by Gasteiger charge is 2.29. The highest BCUT2D eigenvalue weighted by molar-refractivity contribution is 9.10. The first kappa shape index (κ1) is 30.5. The smallest absolute Gasteiger partial charge is 0.282 e. The van der Waals surface area contributed by atoms with Gasteiger partial charge in [-0.1, -0.05) is 36.4 Å². The Hall–Kier alpha value is -3.54. The molecule has 0 radical (unpaired) electrons. The summed E-state index contributed by atoms with van der Waals surface area (Å²) in [7, 11) is 3.80. The van der Waals surface area contributed by atoms with Crippen molar-refractivity contribution in [1.29, 1.82) is 0 Å². The van der Waals surface area contributed by atoms with Gasteiger partial charge in [-0.15, -0.1) is 0 Å². The lowest BCUT2D eigenvalue weighted by Crippen LogP contribution is -2.46. The van der Waals surface area contributed by atoms with Gasteiger partial charge < -0.3 is 15.1 Å². The summed E-state index contributed by atoms with van der Waals surface area (Å²) in [6, 6.07) is 17.6. The number of benzene rings is 2. The molecule has 10 nitrogen and oxygen atoms in total. The van der Waals surface area contributed by atoms with E-state index in [1.165, 1.54) is 21.5 Å². The number of likely N-dealkylation sites (tertiary alicyclic amines) is 1. The number of aryl methyl sites for hydroxylation is 1. The molecule has 0 bridgehead atoms. The van der Waals surface area contributed by atoms with E-state index < -0.39 is 0 Å². The summed E-state index contributed by atoms with van der Waals surface area (Å²) in [5.41, 5.74) is 5.42. The summed E-state index contributed by atoms with van der Waals surface area (Å²) >= 11 is 3.44. The van der Waals surface area contributed by atoms with Crippen LogP contribution in [0.25, 0.3) is 0 Å². The fourth-order valence-corrected chi connectivity index (χ4v) is 7.22. The monoisotopic (exact) mass is 661 g/mol. The molecule has 1 aromatic heterocycles. The SMILES string of the molecule is CN1CC(Nc2cnn(C)c(=O)c2Br)CC(c2ccc(CN3CCN(c4ccc(C5CCC(=O)NC5=O)cc4)CC3)cc2)C1.